The van der Waals surface area contributed by atoms with Crippen LogP contribution in [0.4, 0.5) is 0 Å². The van der Waals surface area contributed by atoms with Crippen molar-refractivity contribution in [3.05, 3.63) is 23.8 Å². The number of carboxylic acid groups (broad SMARTS) is 1. The van der Waals surface area contributed by atoms with Crippen molar-refractivity contribution in [1.82, 2.24) is 4.90 Å². The largest absolute Gasteiger partial charge is 0.508 e. The number of amides is 1. The molecule has 4 rings (SSSR count). The number of carbonyl (C=O) groups is 2. The van der Waals surface area contributed by atoms with Gasteiger partial charge >= 0.3 is 5.97 Å². The van der Waals surface area contributed by atoms with Gasteiger partial charge in [0.05, 0.1) is 16.6 Å². The zero-order valence-electron chi connectivity index (χ0n) is 22.0. The lowest BCUT2D eigenvalue weighted by molar-refractivity contribution is -0.143. The maximum Gasteiger partial charge on any atom is 0.306 e. The Labute approximate surface area is 215 Å². The third kappa shape index (κ3) is 5.02. The summed E-state index contributed by atoms with van der Waals surface area (Å²) in [5, 5.41) is 19.6. The first-order valence-electron chi connectivity index (χ1n) is 13.3. The summed E-state index contributed by atoms with van der Waals surface area (Å²) >= 11 is 0. The predicted molar refractivity (Wildman–Crippen MR) is 138 cm³/mol. The van der Waals surface area contributed by atoms with Crippen molar-refractivity contribution >= 4 is 21.7 Å². The molecule has 2 aliphatic carbocycles. The van der Waals surface area contributed by atoms with Gasteiger partial charge in [0, 0.05) is 18.7 Å². The Hall–Kier alpha value is -2.09. The zero-order valence-corrected chi connectivity index (χ0v) is 22.8. The summed E-state index contributed by atoms with van der Waals surface area (Å²) in [7, 11) is -3.76. The normalized spacial score (nSPS) is 31.0. The third-order valence-electron chi connectivity index (χ3n) is 9.75. The van der Waals surface area contributed by atoms with Crippen LogP contribution in [-0.2, 0) is 14.6 Å². The molecule has 0 bridgehead atoms. The zero-order chi connectivity index (χ0) is 26.5. The van der Waals surface area contributed by atoms with E-state index in [-0.39, 0.29) is 50.5 Å². The summed E-state index contributed by atoms with van der Waals surface area (Å²) in [5.74, 6) is -1.17. The second kappa shape index (κ2) is 9.66. The molecule has 1 amide bonds. The molecular weight excluding hydrogens is 478 g/mol. The number of sulfone groups is 1. The molecular formula is C28H41NO6S. The molecule has 3 fully saturated rings. The highest BCUT2D eigenvalue weighted by Crippen LogP contribution is 2.61. The van der Waals surface area contributed by atoms with Gasteiger partial charge in [-0.2, -0.15) is 0 Å². The molecule has 8 heteroatoms. The number of aliphatic carboxylic acids is 1. The summed E-state index contributed by atoms with van der Waals surface area (Å²) in [6, 6.07) is 3.94. The number of likely N-dealkylation sites (tertiary alicyclic amines) is 1. The van der Waals surface area contributed by atoms with Crippen molar-refractivity contribution in [2.75, 3.05) is 18.8 Å². The number of carbonyl (C=O) groups excluding carboxylic acids is 1. The molecule has 4 atom stereocenters. The molecule has 0 radical (unpaired) electrons. The predicted octanol–water partition coefficient (Wildman–Crippen LogP) is 4.98. The highest BCUT2D eigenvalue weighted by molar-refractivity contribution is 7.91. The number of fused-ring (bicyclic) bond motifs is 1. The molecule has 3 aliphatic rings. The van der Waals surface area contributed by atoms with Crippen LogP contribution in [0.2, 0.25) is 0 Å². The average Bonchev–Trinajstić information content (AvgIpc) is 2.80. The molecule has 0 spiro atoms. The molecule has 7 nitrogen and oxygen atoms in total. The first kappa shape index (κ1) is 27.0. The minimum absolute atomic E-state index is 0.0115. The van der Waals surface area contributed by atoms with E-state index in [9.17, 15) is 28.2 Å². The number of phenols is 1. The second-order valence-corrected chi connectivity index (χ2v) is 14.5. The molecule has 200 valence electrons. The van der Waals surface area contributed by atoms with Gasteiger partial charge in [-0.1, -0.05) is 40.5 Å². The van der Waals surface area contributed by atoms with E-state index in [0.29, 0.717) is 31.8 Å². The smallest absolute Gasteiger partial charge is 0.306 e. The molecule has 2 N–H and O–H groups in total. The van der Waals surface area contributed by atoms with Crippen LogP contribution in [0.15, 0.2) is 23.1 Å². The second-order valence-electron chi connectivity index (χ2n) is 12.5. The minimum Gasteiger partial charge on any atom is -0.508 e. The first-order valence-corrected chi connectivity index (χ1v) is 15.0. The summed E-state index contributed by atoms with van der Waals surface area (Å²) in [6.45, 7) is 9.69. The Kier molecular flexibility index (Phi) is 7.23. The van der Waals surface area contributed by atoms with Crippen LogP contribution < -0.4 is 0 Å². The Morgan fingerprint density at radius 2 is 1.69 bits per heavy atom. The fourth-order valence-corrected chi connectivity index (χ4v) is 9.68. The highest BCUT2D eigenvalue weighted by Gasteiger charge is 2.54. The van der Waals surface area contributed by atoms with Crippen molar-refractivity contribution in [2.24, 2.45) is 34.5 Å². The average molecular weight is 520 g/mol. The van der Waals surface area contributed by atoms with E-state index < -0.39 is 21.7 Å². The number of hydrogen-bond acceptors (Lipinski definition) is 5. The van der Waals surface area contributed by atoms with E-state index in [0.717, 1.165) is 25.7 Å². The molecule has 1 aliphatic heterocycles. The maximum absolute atomic E-state index is 13.7. The van der Waals surface area contributed by atoms with Gasteiger partial charge in [0.2, 0.25) is 0 Å². The number of nitrogens with zero attached hydrogens (tertiary/aromatic N) is 1. The standard InChI is InChI=1S/C28H41NO6S/c1-18-6-7-24-27(2,3)10-5-11-28(24,4)23(18)17-36(34,35)22-15-20(14-21(30)16-22)25(31)29-12-8-19(9-13-29)26(32)33/h14-16,18-19,23-24,30H,5-13,17H2,1-4H3,(H,32,33). The quantitative estimate of drug-likeness (QED) is 0.567. The number of phenolic OH excluding ortho intramolecular Hbond substituents is 1. The molecule has 1 saturated heterocycles. The van der Waals surface area contributed by atoms with Crippen LogP contribution in [0, 0.1) is 34.5 Å². The Morgan fingerprint density at radius 1 is 1.03 bits per heavy atom. The van der Waals surface area contributed by atoms with E-state index in [1.165, 1.54) is 24.6 Å². The van der Waals surface area contributed by atoms with E-state index in [1.807, 2.05) is 0 Å². The van der Waals surface area contributed by atoms with Gasteiger partial charge in [-0.25, -0.2) is 8.42 Å². The van der Waals surface area contributed by atoms with Crippen molar-refractivity contribution < 1.29 is 28.2 Å². The van der Waals surface area contributed by atoms with Gasteiger partial charge in [-0.05, 0) is 78.9 Å². The lowest BCUT2D eigenvalue weighted by atomic mass is 9.47. The van der Waals surface area contributed by atoms with E-state index in [1.54, 1.807) is 4.90 Å². The summed E-state index contributed by atoms with van der Waals surface area (Å²) in [4.78, 5) is 25.9. The molecule has 36 heavy (non-hydrogen) atoms. The highest BCUT2D eigenvalue weighted by atomic mass is 32.2. The summed E-state index contributed by atoms with van der Waals surface area (Å²) in [6.07, 6.45) is 6.17. The monoisotopic (exact) mass is 519 g/mol. The fourth-order valence-electron chi connectivity index (χ4n) is 7.70. The molecule has 0 aromatic heterocycles. The Bertz CT molecular complexity index is 1120. The van der Waals surface area contributed by atoms with Gasteiger partial charge in [-0.3, -0.25) is 9.59 Å². The molecule has 1 heterocycles. The van der Waals surface area contributed by atoms with E-state index in [4.69, 9.17) is 0 Å². The number of aromatic hydroxyl groups is 1. The Morgan fingerprint density at radius 3 is 2.33 bits per heavy atom. The fraction of sp³-hybridized carbons (Fsp3) is 0.714. The van der Waals surface area contributed by atoms with Crippen molar-refractivity contribution in [3.8, 4) is 5.75 Å². The van der Waals surface area contributed by atoms with Gasteiger partial charge in [-0.15, -0.1) is 0 Å². The van der Waals surface area contributed by atoms with E-state index >= 15 is 0 Å². The lowest BCUT2D eigenvalue weighted by Crippen LogP contribution is -2.52. The number of carboxylic acids is 1. The minimum atomic E-state index is -3.76. The summed E-state index contributed by atoms with van der Waals surface area (Å²) in [5.41, 5.74) is 0.256. The van der Waals surface area contributed by atoms with E-state index in [2.05, 4.69) is 27.7 Å². The number of rotatable bonds is 5. The van der Waals surface area contributed by atoms with Crippen LogP contribution in [0.25, 0.3) is 0 Å². The van der Waals surface area contributed by atoms with Crippen LogP contribution in [0.3, 0.4) is 0 Å². The number of benzene rings is 1. The molecule has 1 aromatic rings. The SMILES string of the molecule is CC1CCC2C(C)(C)CCCC2(C)C1CS(=O)(=O)c1cc(O)cc(C(=O)N2CCC(C(=O)O)CC2)c1. The van der Waals surface area contributed by atoms with Crippen molar-refractivity contribution in [2.45, 2.75) is 77.5 Å². The van der Waals surface area contributed by atoms with Crippen molar-refractivity contribution in [3.63, 3.8) is 0 Å². The van der Waals surface area contributed by atoms with Gasteiger partial charge in [0.15, 0.2) is 9.84 Å². The van der Waals surface area contributed by atoms with Crippen LogP contribution >= 0.6 is 0 Å². The molecule has 2 saturated carbocycles. The van der Waals surface area contributed by atoms with Gasteiger partial charge in [0.1, 0.15) is 5.75 Å². The third-order valence-corrected chi connectivity index (χ3v) is 11.5. The molecule has 1 aromatic carbocycles. The lowest BCUT2D eigenvalue weighted by Gasteiger charge is -2.59. The first-order chi connectivity index (χ1) is 16.7. The molecule has 4 unspecified atom stereocenters. The number of hydrogen-bond donors (Lipinski definition) is 2. The van der Waals surface area contributed by atoms with Crippen LogP contribution in [0.1, 0.15) is 83.0 Å². The Balaban J connectivity index is 1.58. The summed E-state index contributed by atoms with van der Waals surface area (Å²) < 4.78 is 27.5. The topological polar surface area (TPSA) is 112 Å². The van der Waals surface area contributed by atoms with Crippen molar-refractivity contribution in [1.29, 1.82) is 0 Å². The number of piperidine rings is 1. The maximum atomic E-state index is 13.7. The van der Waals surface area contributed by atoms with Gasteiger partial charge in [0.25, 0.3) is 5.91 Å². The van der Waals surface area contributed by atoms with Gasteiger partial charge < -0.3 is 15.1 Å². The van der Waals surface area contributed by atoms with Crippen LogP contribution in [-0.4, -0.2) is 54.2 Å². The van der Waals surface area contributed by atoms with Crippen LogP contribution in [0.5, 0.6) is 5.75 Å².